The highest BCUT2D eigenvalue weighted by molar-refractivity contribution is 4.99. The van der Waals surface area contributed by atoms with Crippen molar-refractivity contribution in [2.24, 2.45) is 88.8 Å². The van der Waals surface area contributed by atoms with Crippen LogP contribution in [-0.2, 0) is 111 Å². The van der Waals surface area contributed by atoms with Crippen molar-refractivity contribution in [3.05, 3.63) is 54.7 Å². The summed E-state index contributed by atoms with van der Waals surface area (Å²) in [6.07, 6.45) is 17.0. The fourth-order valence-corrected chi connectivity index (χ4v) is 17.0. The minimum absolute atomic E-state index is 0.0942. The molecule has 6 aliphatic heterocycles. The van der Waals surface area contributed by atoms with E-state index in [9.17, 15) is 0 Å². The van der Waals surface area contributed by atoms with E-state index in [2.05, 4.69) is 159 Å². The van der Waals surface area contributed by atoms with Gasteiger partial charge in [-0.15, -0.1) is 0 Å². The van der Waals surface area contributed by atoms with Gasteiger partial charge in [0.1, 0.15) is 24.4 Å². The molecule has 0 aromatic carbocycles. The molecule has 9 rings (SSSR count). The number of ether oxygens (including phenoxy) is 15. The monoisotopic (exact) mass is 1440 g/mol. The second-order valence-corrected chi connectivity index (χ2v) is 32.3. The van der Waals surface area contributed by atoms with E-state index in [1.54, 1.807) is 0 Å². The normalized spacial score (nSPS) is 39.5. The zero-order valence-electron chi connectivity index (χ0n) is 66.8. The summed E-state index contributed by atoms with van der Waals surface area (Å²) in [6.45, 7) is 52.7. The van der Waals surface area contributed by atoms with Gasteiger partial charge in [0.15, 0.2) is 37.7 Å². The van der Waals surface area contributed by atoms with Crippen molar-refractivity contribution < 1.29 is 71.1 Å². The highest BCUT2D eigenvalue weighted by atomic mass is 16.8. The molecule has 0 amide bonds. The van der Waals surface area contributed by atoms with E-state index in [1.165, 1.54) is 0 Å². The number of hydrogen-bond donors (Lipinski definition) is 0. The van der Waals surface area contributed by atoms with Gasteiger partial charge >= 0.3 is 0 Å². The third-order valence-electron chi connectivity index (χ3n) is 25.9. The Labute approximate surface area is 614 Å². The second kappa shape index (κ2) is 39.9. The lowest BCUT2D eigenvalue weighted by atomic mass is 9.78. The summed E-state index contributed by atoms with van der Waals surface area (Å²) < 4.78 is 106. The van der Waals surface area contributed by atoms with Crippen molar-refractivity contribution in [2.75, 3.05) is 33.0 Å². The molecular formula is C81H140N6O15. The molecule has 0 radical (unpaired) electrons. The second-order valence-electron chi connectivity index (χ2n) is 32.3. The number of imidazole rings is 3. The molecule has 3 aromatic heterocycles. The van der Waals surface area contributed by atoms with Crippen LogP contribution in [0.25, 0.3) is 0 Å². The predicted octanol–water partition coefficient (Wildman–Crippen LogP) is 15.3. The average molecular weight is 1440 g/mol. The van der Waals surface area contributed by atoms with Gasteiger partial charge in [-0.3, -0.25) is 0 Å². The molecule has 9 heterocycles. The lowest BCUT2D eigenvalue weighted by Crippen LogP contribution is -2.55. The summed E-state index contributed by atoms with van der Waals surface area (Å²) in [7, 11) is 0. The van der Waals surface area contributed by atoms with Crippen LogP contribution >= 0.6 is 0 Å². The van der Waals surface area contributed by atoms with Crippen LogP contribution in [0.15, 0.2) is 37.6 Å². The maximum atomic E-state index is 6.93. The minimum Gasteiger partial charge on any atom is -0.372 e. The van der Waals surface area contributed by atoms with Crippen LogP contribution in [0, 0.1) is 88.8 Å². The van der Waals surface area contributed by atoms with E-state index >= 15 is 0 Å². The number of aromatic nitrogens is 6. The smallest absolute Gasteiger partial charge is 0.184 e. The summed E-state index contributed by atoms with van der Waals surface area (Å²) >= 11 is 0. The summed E-state index contributed by atoms with van der Waals surface area (Å²) in [5, 5.41) is 0. The van der Waals surface area contributed by atoms with Gasteiger partial charge in [-0.2, -0.15) is 0 Å². The van der Waals surface area contributed by atoms with Gasteiger partial charge in [0.25, 0.3) is 0 Å². The van der Waals surface area contributed by atoms with Crippen molar-refractivity contribution in [1.29, 1.82) is 0 Å². The molecular weight excluding hydrogens is 1300 g/mol. The Bertz CT molecular complexity index is 2710. The van der Waals surface area contributed by atoms with Gasteiger partial charge in [-0.25, -0.2) is 15.0 Å². The first kappa shape index (κ1) is 83.1. The topological polar surface area (TPSA) is 192 Å². The van der Waals surface area contributed by atoms with Crippen LogP contribution < -0.4 is 0 Å². The van der Waals surface area contributed by atoms with Crippen molar-refractivity contribution in [2.45, 2.75) is 341 Å². The summed E-state index contributed by atoms with van der Waals surface area (Å²) in [4.78, 5) is 14.2. The Morgan fingerprint density at radius 2 is 0.578 bits per heavy atom. The van der Waals surface area contributed by atoms with Gasteiger partial charge in [0.05, 0.1) is 126 Å². The molecule has 0 aliphatic carbocycles. The Morgan fingerprint density at radius 3 is 0.853 bits per heavy atom. The van der Waals surface area contributed by atoms with Crippen LogP contribution in [0.2, 0.25) is 0 Å². The molecule has 3 aromatic rings. The fraction of sp³-hybridized carbons (Fsp3) is 0.889. The third kappa shape index (κ3) is 21.1. The first-order chi connectivity index (χ1) is 49.0. The zero-order chi connectivity index (χ0) is 73.5. The molecule has 12 unspecified atom stereocenters. The maximum absolute atomic E-state index is 6.93. The maximum Gasteiger partial charge on any atom is 0.184 e. The molecule has 6 fully saturated rings. The standard InChI is InChI=1S/C81H140N6O15/c1-22-67-51(10)48(7)60(19)76(94-67)100-73-57(16)54(13)70(25-4)97-79(73)90-34-28-31-85-37-63(82-45-85)40-88-43-66(93-42-65-39-87(47-84-65)33-30-36-92-81-75(59(18)56(15)72(27-6)99-81)102-78-62(21)50(9)53(12)69(24-3)96-78)44-89-41-64-38-86(46-83-64)32-29-35-91-80-74(58(17)55(14)71(26-5)98-80)101-77-61(20)49(8)52(11)68(23-2)95-77/h37-39,45-62,66-81H,22-36,40-44H2,1-21H3/t48-,49-,50-,51-,52-,53-,54-,55-,56-,57-,58-,59-,60?,61?,62?,66?,67?,68?,69?,70?,71?,72?,73?,74?,75?,76-,77-,78-,79-,80-,81-/m0/s1. The lowest BCUT2D eigenvalue weighted by molar-refractivity contribution is -0.337. The highest BCUT2D eigenvalue weighted by Gasteiger charge is 2.51. The van der Waals surface area contributed by atoms with Crippen molar-refractivity contribution in [1.82, 2.24) is 28.7 Å². The van der Waals surface area contributed by atoms with Crippen LogP contribution in [0.4, 0.5) is 0 Å². The predicted molar refractivity (Wildman–Crippen MR) is 392 cm³/mol. The Kier molecular flexibility index (Phi) is 32.5. The number of aryl methyl sites for hydroxylation is 3. The zero-order valence-corrected chi connectivity index (χ0v) is 66.8. The molecule has 30 atom stereocenters. The molecule has 102 heavy (non-hydrogen) atoms. The van der Waals surface area contributed by atoms with E-state index in [0.717, 1.165) is 88.0 Å². The first-order valence-corrected chi connectivity index (χ1v) is 40.5. The number of hydrogen-bond acceptors (Lipinski definition) is 18. The number of nitrogens with zero attached hydrogens (tertiary/aromatic N) is 6. The molecule has 0 bridgehead atoms. The Balaban J connectivity index is 0.770. The van der Waals surface area contributed by atoms with Crippen molar-refractivity contribution in [3.8, 4) is 0 Å². The van der Waals surface area contributed by atoms with Crippen LogP contribution in [0.3, 0.4) is 0 Å². The molecule has 584 valence electrons. The summed E-state index contributed by atoms with van der Waals surface area (Å²) in [5.41, 5.74) is 2.46. The van der Waals surface area contributed by atoms with Crippen molar-refractivity contribution in [3.63, 3.8) is 0 Å². The molecule has 6 aliphatic rings. The molecule has 21 nitrogen and oxygen atoms in total. The van der Waals surface area contributed by atoms with Gasteiger partial charge in [0.2, 0.25) is 0 Å². The summed E-state index contributed by atoms with van der Waals surface area (Å²) in [5.74, 6) is 5.33. The quantitative estimate of drug-likeness (QED) is 0.0491. The van der Waals surface area contributed by atoms with Crippen LogP contribution in [0.1, 0.15) is 220 Å². The van der Waals surface area contributed by atoms with E-state index in [4.69, 9.17) is 86.0 Å². The molecule has 0 saturated carbocycles. The first-order valence-electron chi connectivity index (χ1n) is 40.5. The van der Waals surface area contributed by atoms with E-state index < -0.39 is 25.0 Å². The van der Waals surface area contributed by atoms with E-state index in [0.29, 0.717) is 92.8 Å². The number of rotatable bonds is 38. The summed E-state index contributed by atoms with van der Waals surface area (Å²) in [6, 6.07) is 0. The Hall–Kier alpha value is -2.97. The minimum atomic E-state index is -0.484. The van der Waals surface area contributed by atoms with E-state index in [-0.39, 0.29) is 129 Å². The Morgan fingerprint density at radius 1 is 0.324 bits per heavy atom. The average Bonchev–Trinajstić information content (AvgIpc) is 0.807. The van der Waals surface area contributed by atoms with Crippen molar-refractivity contribution >= 4 is 0 Å². The van der Waals surface area contributed by atoms with Gasteiger partial charge in [0, 0.05) is 56.0 Å². The largest absolute Gasteiger partial charge is 0.372 e. The van der Waals surface area contributed by atoms with Gasteiger partial charge < -0.3 is 84.8 Å². The third-order valence-corrected chi connectivity index (χ3v) is 25.9. The van der Waals surface area contributed by atoms with Crippen LogP contribution in [0.5, 0.6) is 0 Å². The molecule has 0 spiro atoms. The molecule has 0 N–H and O–H groups in total. The van der Waals surface area contributed by atoms with Gasteiger partial charge in [-0.1, -0.05) is 145 Å². The van der Waals surface area contributed by atoms with Gasteiger partial charge in [-0.05, 0) is 129 Å². The van der Waals surface area contributed by atoms with Crippen LogP contribution in [-0.4, -0.2) is 160 Å². The fourth-order valence-electron chi connectivity index (χ4n) is 17.0. The van der Waals surface area contributed by atoms with E-state index in [1.807, 2.05) is 37.6 Å². The molecule has 21 heteroatoms. The molecule has 6 saturated heterocycles. The SMILES string of the molecule is CCC1O[C@@H](OC2[C@@H](OCCCn3cnc(COCC(COCc4cn(CCCO[C@H]5OC(CC)[C@@H](C)[C@H](C)C5O[C@@H]5OC(CC)[C@@H](C)[C@H](C)C5C)cn4)OCc4cn(CCCO[C@H]5OC(CC)[C@@H](C)[C@H](C)C5O[C@@H]5OC(CC)[C@@H](C)[C@H](C)C5C)cn4)c3)OC(CC)[C@@H](C)[C@@H]2C)C(C)[C@@H](C)[C@@H]1C. The highest BCUT2D eigenvalue weighted by Crippen LogP contribution is 2.45. The lowest BCUT2D eigenvalue weighted by Gasteiger charge is -2.49.